The molecule has 0 aromatic carbocycles. The van der Waals surface area contributed by atoms with E-state index < -0.39 is 0 Å². The average molecular weight is 404 g/mol. The molecule has 162 valence electrons. The normalized spacial score (nSPS) is 19.6. The molecule has 2 N–H and O–H groups in total. The Morgan fingerprint density at radius 2 is 2.00 bits per heavy atom. The van der Waals surface area contributed by atoms with E-state index in [0.717, 1.165) is 37.2 Å². The molecule has 1 aromatic heterocycles. The summed E-state index contributed by atoms with van der Waals surface area (Å²) in [6, 6.07) is 0.285. The van der Waals surface area contributed by atoms with Gasteiger partial charge in [-0.1, -0.05) is 26.7 Å². The summed E-state index contributed by atoms with van der Waals surface area (Å²) in [4.78, 5) is 25.6. The summed E-state index contributed by atoms with van der Waals surface area (Å²) in [5.74, 6) is 1.89. The lowest BCUT2D eigenvalue weighted by atomic mass is 9.92. The topological polar surface area (TPSA) is 84.6 Å². The Hall–Kier alpha value is -1.89. The molecular weight excluding hydrogens is 366 g/mol. The lowest BCUT2D eigenvalue weighted by Gasteiger charge is -2.32. The summed E-state index contributed by atoms with van der Waals surface area (Å²) in [5.41, 5.74) is 6.83. The van der Waals surface area contributed by atoms with Crippen LogP contribution in [0.2, 0.25) is 0 Å². The summed E-state index contributed by atoms with van der Waals surface area (Å²) < 4.78 is 5.63. The van der Waals surface area contributed by atoms with Gasteiger partial charge in [0.25, 0.3) is 0 Å². The number of carbonyl (C=O) groups excluding carboxylic acids is 1. The van der Waals surface area contributed by atoms with Gasteiger partial charge in [-0.05, 0) is 57.5 Å². The van der Waals surface area contributed by atoms with Crippen molar-refractivity contribution >= 4 is 17.5 Å². The third kappa shape index (κ3) is 5.81. The second-order valence-corrected chi connectivity index (χ2v) is 8.42. The fraction of sp³-hybridized carbons (Fsp3) is 0.773. The molecule has 0 spiro atoms. The molecule has 2 aliphatic heterocycles. The van der Waals surface area contributed by atoms with Crippen LogP contribution < -0.4 is 15.4 Å². The predicted octanol–water partition coefficient (Wildman–Crippen LogP) is 3.42. The van der Waals surface area contributed by atoms with E-state index in [2.05, 4.69) is 28.7 Å². The van der Waals surface area contributed by atoms with Gasteiger partial charge in [0.15, 0.2) is 0 Å². The largest absolute Gasteiger partial charge is 0.463 e. The molecule has 29 heavy (non-hydrogen) atoms. The molecule has 1 aromatic rings. The van der Waals surface area contributed by atoms with Gasteiger partial charge in [-0.3, -0.25) is 9.69 Å². The summed E-state index contributed by atoms with van der Waals surface area (Å²) in [5, 5.41) is 0. The number of anilines is 2. The first-order valence-corrected chi connectivity index (χ1v) is 11.4. The summed E-state index contributed by atoms with van der Waals surface area (Å²) in [7, 11) is 0. The van der Waals surface area contributed by atoms with Crippen molar-refractivity contribution in [2.75, 3.05) is 43.4 Å². The third-order valence-electron chi connectivity index (χ3n) is 6.00. The highest BCUT2D eigenvalue weighted by Crippen LogP contribution is 2.32. The number of unbranched alkanes of at least 4 members (excludes halogenated alkanes) is 2. The number of hydrogen-bond donors (Lipinski definition) is 1. The maximum atomic E-state index is 12.5. The molecule has 1 saturated heterocycles. The molecular formula is C22H37N5O2. The van der Waals surface area contributed by atoms with Gasteiger partial charge < -0.3 is 15.4 Å². The van der Waals surface area contributed by atoms with Crippen molar-refractivity contribution in [2.45, 2.75) is 71.6 Å². The number of nitrogens with two attached hydrogens (primary N) is 1. The van der Waals surface area contributed by atoms with Crippen molar-refractivity contribution in [2.24, 2.45) is 5.92 Å². The Labute approximate surface area is 175 Å². The van der Waals surface area contributed by atoms with Crippen LogP contribution in [0.5, 0.6) is 6.01 Å². The molecule has 1 unspecified atom stereocenters. The van der Waals surface area contributed by atoms with Gasteiger partial charge in [0, 0.05) is 18.7 Å². The zero-order valence-corrected chi connectivity index (χ0v) is 18.2. The maximum absolute atomic E-state index is 12.5. The van der Waals surface area contributed by atoms with Crippen molar-refractivity contribution in [3.8, 4) is 6.01 Å². The van der Waals surface area contributed by atoms with Gasteiger partial charge in [-0.15, -0.1) is 0 Å². The number of hydrogen-bond acceptors (Lipinski definition) is 6. The lowest BCUT2D eigenvalue weighted by molar-refractivity contribution is -0.117. The smallest absolute Gasteiger partial charge is 0.320 e. The van der Waals surface area contributed by atoms with Crippen LogP contribution in [-0.4, -0.2) is 53.6 Å². The molecule has 7 heteroatoms. The second kappa shape index (κ2) is 10.8. The number of carbonyl (C=O) groups is 1. The summed E-state index contributed by atoms with van der Waals surface area (Å²) >= 11 is 0. The van der Waals surface area contributed by atoms with Crippen LogP contribution in [0.1, 0.15) is 70.8 Å². The quantitative estimate of drug-likeness (QED) is 0.570. The minimum atomic E-state index is 0.0681. The SMILES string of the molecule is CCCCOc1nc(N)c2c(n1)N(CCCCC1CCCN(CCC)C1)C(=O)C2. The lowest BCUT2D eigenvalue weighted by Crippen LogP contribution is -2.36. The van der Waals surface area contributed by atoms with Crippen molar-refractivity contribution in [1.82, 2.24) is 14.9 Å². The number of piperidine rings is 1. The third-order valence-corrected chi connectivity index (χ3v) is 6.00. The van der Waals surface area contributed by atoms with Crippen LogP contribution in [0.15, 0.2) is 0 Å². The van der Waals surface area contributed by atoms with Crippen molar-refractivity contribution in [1.29, 1.82) is 0 Å². The molecule has 3 heterocycles. The number of likely N-dealkylation sites (tertiary alicyclic amines) is 1. The fourth-order valence-corrected chi connectivity index (χ4v) is 4.44. The van der Waals surface area contributed by atoms with E-state index in [-0.39, 0.29) is 11.9 Å². The van der Waals surface area contributed by atoms with Crippen molar-refractivity contribution in [3.63, 3.8) is 0 Å². The van der Waals surface area contributed by atoms with Gasteiger partial charge in [0.1, 0.15) is 11.6 Å². The van der Waals surface area contributed by atoms with Gasteiger partial charge in [0.2, 0.25) is 5.91 Å². The standard InChI is InChI=1S/C22H37N5O2/c1-3-5-14-29-22-24-20(23)18-15-19(28)27(21(18)25-22)13-7-6-9-17-10-8-12-26(16-17)11-4-2/h17H,3-16H2,1-2H3,(H2,23,24,25). The number of rotatable bonds is 11. The second-order valence-electron chi connectivity index (χ2n) is 8.42. The Kier molecular flexibility index (Phi) is 8.09. The van der Waals surface area contributed by atoms with E-state index >= 15 is 0 Å². The van der Waals surface area contributed by atoms with E-state index in [1.54, 1.807) is 4.90 Å². The average Bonchev–Trinajstić information content (AvgIpc) is 3.02. The van der Waals surface area contributed by atoms with Gasteiger partial charge >= 0.3 is 6.01 Å². The van der Waals surface area contributed by atoms with Crippen LogP contribution in [-0.2, 0) is 11.2 Å². The molecule has 3 rings (SSSR count). The molecule has 2 aliphatic rings. The van der Waals surface area contributed by atoms with E-state index in [0.29, 0.717) is 31.2 Å². The van der Waals surface area contributed by atoms with Gasteiger partial charge in [-0.2, -0.15) is 9.97 Å². The molecule has 0 aliphatic carbocycles. The minimum Gasteiger partial charge on any atom is -0.463 e. The first-order valence-electron chi connectivity index (χ1n) is 11.4. The zero-order chi connectivity index (χ0) is 20.6. The highest BCUT2D eigenvalue weighted by Gasteiger charge is 2.32. The molecule has 0 saturated carbocycles. The van der Waals surface area contributed by atoms with Crippen LogP contribution >= 0.6 is 0 Å². The Morgan fingerprint density at radius 3 is 2.79 bits per heavy atom. The first-order chi connectivity index (χ1) is 14.1. The van der Waals surface area contributed by atoms with E-state index in [1.165, 1.54) is 45.3 Å². The minimum absolute atomic E-state index is 0.0681. The number of fused-ring (bicyclic) bond motifs is 1. The number of amides is 1. The van der Waals surface area contributed by atoms with Crippen LogP contribution in [0.3, 0.4) is 0 Å². The Balaban J connectivity index is 1.51. The fourth-order valence-electron chi connectivity index (χ4n) is 4.44. The van der Waals surface area contributed by atoms with Crippen LogP contribution in [0, 0.1) is 5.92 Å². The molecule has 7 nitrogen and oxygen atoms in total. The van der Waals surface area contributed by atoms with E-state index in [9.17, 15) is 4.79 Å². The van der Waals surface area contributed by atoms with Crippen molar-refractivity contribution < 1.29 is 9.53 Å². The Bertz CT molecular complexity index is 679. The summed E-state index contributed by atoms with van der Waals surface area (Å²) in [6.07, 6.45) is 9.56. The molecule has 0 radical (unpaired) electrons. The van der Waals surface area contributed by atoms with Crippen LogP contribution in [0.4, 0.5) is 11.6 Å². The van der Waals surface area contributed by atoms with Crippen molar-refractivity contribution in [3.05, 3.63) is 5.56 Å². The zero-order valence-electron chi connectivity index (χ0n) is 18.2. The first kappa shape index (κ1) is 21.8. The highest BCUT2D eigenvalue weighted by atomic mass is 16.5. The predicted molar refractivity (Wildman–Crippen MR) is 116 cm³/mol. The Morgan fingerprint density at radius 1 is 1.14 bits per heavy atom. The summed E-state index contributed by atoms with van der Waals surface area (Å²) in [6.45, 7) is 9.34. The number of nitrogens with zero attached hydrogens (tertiary/aromatic N) is 4. The monoisotopic (exact) mass is 403 g/mol. The molecule has 0 bridgehead atoms. The molecule has 1 atom stereocenters. The van der Waals surface area contributed by atoms with E-state index in [4.69, 9.17) is 10.5 Å². The van der Waals surface area contributed by atoms with Crippen LogP contribution in [0.25, 0.3) is 0 Å². The molecule has 1 fully saturated rings. The highest BCUT2D eigenvalue weighted by molar-refractivity contribution is 6.01. The maximum Gasteiger partial charge on any atom is 0.320 e. The van der Waals surface area contributed by atoms with Gasteiger partial charge in [-0.25, -0.2) is 0 Å². The number of ether oxygens (including phenoxy) is 1. The molecule has 1 amide bonds. The number of nitrogen functional groups attached to an aromatic ring is 1. The number of aromatic nitrogens is 2. The van der Waals surface area contributed by atoms with Gasteiger partial charge in [0.05, 0.1) is 13.0 Å². The van der Waals surface area contributed by atoms with E-state index in [1.807, 2.05) is 0 Å².